The number of fused-ring (bicyclic) bond motifs is 1. The molecule has 5 nitrogen and oxygen atoms in total. The van der Waals surface area contributed by atoms with E-state index in [0.29, 0.717) is 28.7 Å². The minimum absolute atomic E-state index is 0.258. The zero-order valence-electron chi connectivity index (χ0n) is 17.3. The van der Waals surface area contributed by atoms with Crippen molar-refractivity contribution in [2.45, 2.75) is 26.8 Å². The number of hydrogen-bond acceptors (Lipinski definition) is 3. The van der Waals surface area contributed by atoms with Gasteiger partial charge in [0.1, 0.15) is 0 Å². The van der Waals surface area contributed by atoms with Gasteiger partial charge in [-0.05, 0) is 41.3 Å². The molecule has 0 bridgehead atoms. The molecule has 158 valence electrons. The van der Waals surface area contributed by atoms with Gasteiger partial charge in [0.15, 0.2) is 5.65 Å². The highest BCUT2D eigenvalue weighted by molar-refractivity contribution is 6.31. The van der Waals surface area contributed by atoms with E-state index in [1.165, 1.54) is 9.20 Å². The van der Waals surface area contributed by atoms with Gasteiger partial charge >= 0.3 is 5.69 Å². The molecule has 0 atom stereocenters. The summed E-state index contributed by atoms with van der Waals surface area (Å²) in [6.07, 6.45) is 2.28. The van der Waals surface area contributed by atoms with E-state index in [9.17, 15) is 4.79 Å². The Hall–Kier alpha value is -2.89. The molecule has 0 radical (unpaired) electrons. The largest absolute Gasteiger partial charge is 0.367 e. The van der Waals surface area contributed by atoms with Crippen LogP contribution in [0.2, 0.25) is 10.0 Å². The van der Waals surface area contributed by atoms with Crippen molar-refractivity contribution in [3.63, 3.8) is 0 Å². The lowest BCUT2D eigenvalue weighted by molar-refractivity contribution is 0.469. The molecular formula is C24H22Cl2N4O. The summed E-state index contributed by atoms with van der Waals surface area (Å²) >= 11 is 12.3. The molecule has 0 saturated carbocycles. The number of rotatable bonds is 6. The Morgan fingerprint density at radius 1 is 0.935 bits per heavy atom. The van der Waals surface area contributed by atoms with E-state index in [1.807, 2.05) is 62.4 Å². The van der Waals surface area contributed by atoms with Crippen LogP contribution in [0.25, 0.3) is 27.9 Å². The van der Waals surface area contributed by atoms with Crippen molar-refractivity contribution in [2.75, 3.05) is 0 Å². The second kappa shape index (κ2) is 8.69. The van der Waals surface area contributed by atoms with E-state index < -0.39 is 0 Å². The monoisotopic (exact) mass is 452 g/mol. The van der Waals surface area contributed by atoms with Crippen LogP contribution < -0.4 is 5.69 Å². The molecule has 0 saturated heterocycles. The first-order chi connectivity index (χ1) is 14.9. The fourth-order valence-corrected chi connectivity index (χ4v) is 3.89. The van der Waals surface area contributed by atoms with E-state index in [2.05, 4.69) is 16.8 Å². The first-order valence-corrected chi connectivity index (χ1v) is 10.8. The van der Waals surface area contributed by atoms with E-state index in [4.69, 9.17) is 23.2 Å². The topological polar surface area (TPSA) is 52.2 Å². The van der Waals surface area contributed by atoms with Gasteiger partial charge in [-0.2, -0.15) is 9.61 Å². The Bertz CT molecular complexity index is 1300. The van der Waals surface area contributed by atoms with Crippen LogP contribution in [0.15, 0.2) is 66.0 Å². The van der Waals surface area contributed by atoms with E-state index in [1.54, 1.807) is 6.08 Å². The molecule has 0 fully saturated rings. The number of hydrogen-bond donors (Lipinski definition) is 0. The summed E-state index contributed by atoms with van der Waals surface area (Å²) in [5.41, 5.74) is 4.54. The van der Waals surface area contributed by atoms with Gasteiger partial charge in [-0.15, -0.1) is 11.7 Å². The Labute approximate surface area is 190 Å². The van der Waals surface area contributed by atoms with Crippen LogP contribution >= 0.6 is 23.2 Å². The Balaban J connectivity index is 2.14. The summed E-state index contributed by atoms with van der Waals surface area (Å²) in [6.45, 7) is 8.48. The maximum absolute atomic E-state index is 13.1. The lowest BCUT2D eigenvalue weighted by Gasteiger charge is -2.15. The second-order valence-corrected chi connectivity index (χ2v) is 8.67. The summed E-state index contributed by atoms with van der Waals surface area (Å²) in [6, 6.07) is 15.1. The molecule has 0 amide bonds. The fourth-order valence-electron chi connectivity index (χ4n) is 3.63. The highest BCUT2D eigenvalue weighted by Gasteiger charge is 2.22. The maximum atomic E-state index is 13.1. The number of allylic oxidation sites excluding steroid dienone is 1. The van der Waals surface area contributed by atoms with Crippen molar-refractivity contribution in [1.29, 1.82) is 0 Å². The molecule has 2 aromatic carbocycles. The fraction of sp³-hybridized carbons (Fsp3) is 0.208. The predicted molar refractivity (Wildman–Crippen MR) is 127 cm³/mol. The van der Waals surface area contributed by atoms with Gasteiger partial charge in [-0.3, -0.25) is 0 Å². The summed E-state index contributed by atoms with van der Waals surface area (Å²) in [7, 11) is 0. The van der Waals surface area contributed by atoms with Gasteiger partial charge in [-0.1, -0.05) is 67.4 Å². The Kier molecular flexibility index (Phi) is 5.99. The smallest absolute Gasteiger partial charge is 0.244 e. The average Bonchev–Trinajstić information content (AvgIpc) is 3.03. The predicted octanol–water partition coefficient (Wildman–Crippen LogP) is 5.92. The van der Waals surface area contributed by atoms with E-state index in [-0.39, 0.29) is 11.6 Å². The summed E-state index contributed by atoms with van der Waals surface area (Å²) < 4.78 is 2.88. The molecule has 0 aliphatic rings. The normalized spacial score (nSPS) is 11.4. The molecule has 0 N–H and O–H groups in total. The van der Waals surface area contributed by atoms with Crippen LogP contribution in [-0.2, 0) is 13.0 Å². The minimum atomic E-state index is -0.258. The van der Waals surface area contributed by atoms with Gasteiger partial charge < -0.3 is 0 Å². The first kappa shape index (κ1) is 21.3. The van der Waals surface area contributed by atoms with Crippen LogP contribution in [0.5, 0.6) is 0 Å². The molecule has 4 aromatic rings. The SMILES string of the molecule is C=CCc1nn2c(=O)n(CC(C)C)nc2c(-c2ccc(Cl)cc2)c1-c1ccc(Cl)cc1. The van der Waals surface area contributed by atoms with Gasteiger partial charge in [0.2, 0.25) is 0 Å². The number of aromatic nitrogens is 4. The molecule has 0 aliphatic carbocycles. The van der Waals surface area contributed by atoms with Gasteiger partial charge in [0.25, 0.3) is 0 Å². The minimum Gasteiger partial charge on any atom is -0.244 e. The standard InChI is InChI=1S/C24H22Cl2N4O/c1-4-5-20-21(16-6-10-18(25)11-7-16)22(17-8-12-19(26)13-9-17)23-28-29(14-15(2)3)24(31)30(23)27-20/h4,6-13,15H,1,5,14H2,2-3H3. The summed E-state index contributed by atoms with van der Waals surface area (Å²) in [5.74, 6) is 0.268. The zero-order chi connectivity index (χ0) is 22.1. The molecule has 7 heteroatoms. The summed E-state index contributed by atoms with van der Waals surface area (Å²) in [4.78, 5) is 13.1. The quantitative estimate of drug-likeness (QED) is 0.341. The highest BCUT2D eigenvalue weighted by Crippen LogP contribution is 2.37. The van der Waals surface area contributed by atoms with Crippen LogP contribution in [-0.4, -0.2) is 19.4 Å². The molecule has 0 aliphatic heterocycles. The molecular weight excluding hydrogens is 431 g/mol. The third-order valence-electron chi connectivity index (χ3n) is 4.94. The molecule has 2 aromatic heterocycles. The van der Waals surface area contributed by atoms with Gasteiger partial charge in [-0.25, -0.2) is 9.48 Å². The highest BCUT2D eigenvalue weighted by atomic mass is 35.5. The Morgan fingerprint density at radius 3 is 2.00 bits per heavy atom. The van der Waals surface area contributed by atoms with Crippen LogP contribution in [0, 0.1) is 5.92 Å². The van der Waals surface area contributed by atoms with Crippen molar-refractivity contribution >= 4 is 28.8 Å². The summed E-state index contributed by atoms with van der Waals surface area (Å²) in [5, 5.41) is 10.6. The third-order valence-corrected chi connectivity index (χ3v) is 5.45. The lowest BCUT2D eigenvalue weighted by atomic mass is 9.93. The van der Waals surface area contributed by atoms with Crippen molar-refractivity contribution in [3.05, 3.63) is 87.4 Å². The van der Waals surface area contributed by atoms with Crippen LogP contribution in [0.3, 0.4) is 0 Å². The van der Waals surface area contributed by atoms with Crippen molar-refractivity contribution in [1.82, 2.24) is 19.4 Å². The number of halogens is 2. The first-order valence-electron chi connectivity index (χ1n) is 10.0. The maximum Gasteiger partial charge on any atom is 0.367 e. The molecule has 2 heterocycles. The van der Waals surface area contributed by atoms with Crippen molar-refractivity contribution < 1.29 is 0 Å². The lowest BCUT2D eigenvalue weighted by Crippen LogP contribution is -2.25. The van der Waals surface area contributed by atoms with Crippen molar-refractivity contribution in [2.24, 2.45) is 5.92 Å². The van der Waals surface area contributed by atoms with Crippen LogP contribution in [0.1, 0.15) is 19.5 Å². The number of benzene rings is 2. The van der Waals surface area contributed by atoms with Gasteiger partial charge in [0.05, 0.1) is 5.69 Å². The molecule has 0 spiro atoms. The van der Waals surface area contributed by atoms with Crippen molar-refractivity contribution in [3.8, 4) is 22.3 Å². The molecule has 0 unspecified atom stereocenters. The zero-order valence-corrected chi connectivity index (χ0v) is 18.9. The van der Waals surface area contributed by atoms with E-state index in [0.717, 1.165) is 27.9 Å². The molecule has 31 heavy (non-hydrogen) atoms. The third kappa shape index (κ3) is 4.16. The van der Waals surface area contributed by atoms with E-state index >= 15 is 0 Å². The van der Waals surface area contributed by atoms with Crippen LogP contribution in [0.4, 0.5) is 0 Å². The average molecular weight is 453 g/mol. The second-order valence-electron chi connectivity index (χ2n) is 7.80. The molecule has 4 rings (SSSR count). The number of nitrogens with zero attached hydrogens (tertiary/aromatic N) is 4. The Morgan fingerprint density at radius 2 is 1.48 bits per heavy atom. The van der Waals surface area contributed by atoms with Gasteiger partial charge in [0, 0.05) is 34.1 Å².